The zero-order valence-electron chi connectivity index (χ0n) is 20.3. The lowest BCUT2D eigenvalue weighted by Crippen LogP contribution is -2.32. The Kier molecular flexibility index (Phi) is 8.43. The van der Waals surface area contributed by atoms with E-state index in [0.717, 1.165) is 24.8 Å². The normalized spacial score (nSPS) is 20.0. The molecule has 1 amide bonds. The topological polar surface area (TPSA) is 73.4 Å². The van der Waals surface area contributed by atoms with Crippen LogP contribution in [0.1, 0.15) is 96.0 Å². The van der Waals surface area contributed by atoms with Gasteiger partial charge in [-0.05, 0) is 64.8 Å². The van der Waals surface area contributed by atoms with Gasteiger partial charge in [0.1, 0.15) is 5.60 Å². The van der Waals surface area contributed by atoms with Gasteiger partial charge in [0.05, 0.1) is 5.69 Å². The van der Waals surface area contributed by atoms with Crippen LogP contribution in [0.4, 0.5) is 4.79 Å². The predicted octanol–water partition coefficient (Wildman–Crippen LogP) is 5.06. The first-order chi connectivity index (χ1) is 14.7. The van der Waals surface area contributed by atoms with Crippen LogP contribution in [0.5, 0.6) is 0 Å². The van der Waals surface area contributed by atoms with E-state index in [9.17, 15) is 4.79 Å². The molecule has 1 aromatic heterocycles. The van der Waals surface area contributed by atoms with E-state index in [1.807, 2.05) is 0 Å². The standard InChI is InChI=1S/C20H33N3.C5H11NO2/c1-2-20-18-15-22(12-10-16-6-4-3-5-7-16)13-11-19(18)21-23(20)14-17-8-9-17;1-5(2,3)8-4(6)7/h16-17H,2-15H2,1H3;1-3H3,(H2,6,7). The third kappa shape index (κ3) is 7.81. The number of nitrogens with zero attached hydrogens (tertiary/aromatic N) is 3. The van der Waals surface area contributed by atoms with Gasteiger partial charge in [0, 0.05) is 37.3 Å². The Labute approximate surface area is 188 Å². The number of fused-ring (bicyclic) bond motifs is 1. The molecule has 3 aliphatic rings. The van der Waals surface area contributed by atoms with E-state index >= 15 is 0 Å². The quantitative estimate of drug-likeness (QED) is 0.681. The highest BCUT2D eigenvalue weighted by atomic mass is 16.6. The number of carbonyl (C=O) groups excluding carboxylic acids is 1. The Morgan fingerprint density at radius 2 is 1.84 bits per heavy atom. The Balaban J connectivity index is 0.000000293. The van der Waals surface area contributed by atoms with Gasteiger partial charge >= 0.3 is 6.09 Å². The van der Waals surface area contributed by atoms with Crippen molar-refractivity contribution in [2.45, 2.75) is 111 Å². The van der Waals surface area contributed by atoms with Crippen LogP contribution in [0, 0.1) is 11.8 Å². The van der Waals surface area contributed by atoms with Crippen LogP contribution in [0.3, 0.4) is 0 Å². The van der Waals surface area contributed by atoms with Crippen molar-refractivity contribution in [2.75, 3.05) is 13.1 Å². The summed E-state index contributed by atoms with van der Waals surface area (Å²) in [6, 6.07) is 0. The SMILES string of the molecule is CC(C)(C)OC(N)=O.CCc1c2c(nn1CC1CC1)CCN(CCC1CCCCC1)C2. The Bertz CT molecular complexity index is 712. The first-order valence-electron chi connectivity index (χ1n) is 12.5. The molecule has 6 nitrogen and oxygen atoms in total. The number of rotatable bonds is 6. The van der Waals surface area contributed by atoms with E-state index in [0.29, 0.717) is 0 Å². The molecule has 2 fully saturated rings. The van der Waals surface area contributed by atoms with Gasteiger partial charge < -0.3 is 10.5 Å². The van der Waals surface area contributed by atoms with E-state index in [4.69, 9.17) is 10.8 Å². The molecule has 2 N–H and O–H groups in total. The molecule has 2 aliphatic carbocycles. The van der Waals surface area contributed by atoms with Crippen molar-refractivity contribution in [3.05, 3.63) is 17.0 Å². The van der Waals surface area contributed by atoms with Gasteiger partial charge in [0.2, 0.25) is 0 Å². The van der Waals surface area contributed by atoms with Gasteiger partial charge in [-0.25, -0.2) is 4.79 Å². The van der Waals surface area contributed by atoms with Crippen molar-refractivity contribution < 1.29 is 9.53 Å². The van der Waals surface area contributed by atoms with Crippen LogP contribution in [-0.2, 0) is 30.7 Å². The van der Waals surface area contributed by atoms with Crippen molar-refractivity contribution >= 4 is 6.09 Å². The van der Waals surface area contributed by atoms with Crippen LogP contribution in [0.25, 0.3) is 0 Å². The molecule has 1 aromatic rings. The Morgan fingerprint density at radius 3 is 2.39 bits per heavy atom. The van der Waals surface area contributed by atoms with Gasteiger partial charge in [0.15, 0.2) is 0 Å². The number of ether oxygens (including phenoxy) is 1. The molecule has 0 bridgehead atoms. The first kappa shape index (κ1) is 24.1. The van der Waals surface area contributed by atoms with Crippen LogP contribution >= 0.6 is 0 Å². The van der Waals surface area contributed by atoms with Crippen molar-refractivity contribution in [2.24, 2.45) is 17.6 Å². The van der Waals surface area contributed by atoms with E-state index in [2.05, 4.69) is 21.2 Å². The van der Waals surface area contributed by atoms with Crippen molar-refractivity contribution in [3.63, 3.8) is 0 Å². The molecule has 0 radical (unpaired) electrons. The molecular formula is C25H44N4O2. The summed E-state index contributed by atoms with van der Waals surface area (Å²) in [5.74, 6) is 1.93. The Morgan fingerprint density at radius 1 is 1.13 bits per heavy atom. The third-order valence-electron chi connectivity index (χ3n) is 6.74. The van der Waals surface area contributed by atoms with Crippen LogP contribution in [0.15, 0.2) is 0 Å². The molecule has 0 aromatic carbocycles. The molecule has 31 heavy (non-hydrogen) atoms. The molecule has 0 spiro atoms. The molecular weight excluding hydrogens is 388 g/mol. The maximum Gasteiger partial charge on any atom is 0.405 e. The lowest BCUT2D eigenvalue weighted by molar-refractivity contribution is 0.0600. The minimum atomic E-state index is -0.725. The van der Waals surface area contributed by atoms with Crippen molar-refractivity contribution in [3.8, 4) is 0 Å². The molecule has 0 unspecified atom stereocenters. The van der Waals surface area contributed by atoms with Crippen molar-refractivity contribution in [1.29, 1.82) is 0 Å². The number of nitrogens with two attached hydrogens (primary N) is 1. The fourth-order valence-corrected chi connectivity index (χ4v) is 4.96. The molecule has 4 rings (SSSR count). The maximum atomic E-state index is 10.0. The lowest BCUT2D eigenvalue weighted by Gasteiger charge is -2.29. The molecule has 0 saturated heterocycles. The summed E-state index contributed by atoms with van der Waals surface area (Å²) in [5.41, 5.74) is 8.80. The predicted molar refractivity (Wildman–Crippen MR) is 125 cm³/mol. The lowest BCUT2D eigenvalue weighted by atomic mass is 9.87. The largest absolute Gasteiger partial charge is 0.444 e. The van der Waals surface area contributed by atoms with Gasteiger partial charge in [-0.1, -0.05) is 39.0 Å². The van der Waals surface area contributed by atoms with E-state index in [1.165, 1.54) is 88.8 Å². The average molecular weight is 433 g/mol. The second-order valence-corrected chi connectivity index (χ2v) is 10.7. The van der Waals surface area contributed by atoms with Gasteiger partial charge in [-0.3, -0.25) is 9.58 Å². The second kappa shape index (κ2) is 10.8. The Hall–Kier alpha value is -1.56. The third-order valence-corrected chi connectivity index (χ3v) is 6.74. The molecule has 176 valence electrons. The first-order valence-corrected chi connectivity index (χ1v) is 12.5. The summed E-state index contributed by atoms with van der Waals surface area (Å²) < 4.78 is 6.94. The number of hydrogen-bond donors (Lipinski definition) is 1. The minimum absolute atomic E-state index is 0.453. The number of aromatic nitrogens is 2. The molecule has 1 aliphatic heterocycles. The fraction of sp³-hybridized carbons (Fsp3) is 0.840. The van der Waals surface area contributed by atoms with E-state index in [1.54, 1.807) is 26.3 Å². The zero-order valence-corrected chi connectivity index (χ0v) is 20.3. The summed E-state index contributed by atoms with van der Waals surface area (Å²) >= 11 is 0. The monoisotopic (exact) mass is 432 g/mol. The summed E-state index contributed by atoms with van der Waals surface area (Å²) in [6.07, 6.45) is 13.2. The van der Waals surface area contributed by atoms with Gasteiger partial charge in [-0.15, -0.1) is 0 Å². The summed E-state index contributed by atoms with van der Waals surface area (Å²) in [5, 5.41) is 4.98. The smallest absolute Gasteiger partial charge is 0.405 e. The molecule has 2 saturated carbocycles. The summed E-state index contributed by atoms with van der Waals surface area (Å²) in [4.78, 5) is 12.7. The minimum Gasteiger partial charge on any atom is -0.444 e. The molecule has 2 heterocycles. The van der Waals surface area contributed by atoms with E-state index < -0.39 is 11.7 Å². The zero-order chi connectivity index (χ0) is 22.4. The number of carbonyl (C=O) groups is 1. The van der Waals surface area contributed by atoms with Gasteiger partial charge in [0.25, 0.3) is 0 Å². The number of amides is 1. The molecule has 6 heteroatoms. The highest BCUT2D eigenvalue weighted by Crippen LogP contribution is 2.33. The number of hydrogen-bond acceptors (Lipinski definition) is 4. The van der Waals surface area contributed by atoms with Gasteiger partial charge in [-0.2, -0.15) is 5.10 Å². The molecule has 0 atom stereocenters. The average Bonchev–Trinajstić information content (AvgIpc) is 3.45. The summed E-state index contributed by atoms with van der Waals surface area (Å²) in [7, 11) is 0. The van der Waals surface area contributed by atoms with Crippen molar-refractivity contribution in [1.82, 2.24) is 14.7 Å². The van der Waals surface area contributed by atoms with Crippen LogP contribution in [-0.4, -0.2) is 39.5 Å². The summed E-state index contributed by atoms with van der Waals surface area (Å²) in [6.45, 7) is 12.5. The maximum absolute atomic E-state index is 10.0. The fourth-order valence-electron chi connectivity index (χ4n) is 4.96. The van der Waals surface area contributed by atoms with Crippen LogP contribution in [0.2, 0.25) is 0 Å². The highest BCUT2D eigenvalue weighted by molar-refractivity contribution is 5.65. The van der Waals surface area contributed by atoms with Crippen LogP contribution < -0.4 is 5.73 Å². The second-order valence-electron chi connectivity index (χ2n) is 10.7. The highest BCUT2D eigenvalue weighted by Gasteiger charge is 2.28. The van der Waals surface area contributed by atoms with E-state index in [-0.39, 0.29) is 0 Å². The number of primary amides is 1.